The summed E-state index contributed by atoms with van der Waals surface area (Å²) in [4.78, 5) is 13.9. The van der Waals surface area contributed by atoms with E-state index in [0.717, 1.165) is 30.3 Å². The molecule has 0 aromatic carbocycles. The third-order valence-corrected chi connectivity index (χ3v) is 10.1. The molecule has 9 heteroatoms. The molecule has 7 rings (SSSR count). The van der Waals surface area contributed by atoms with Crippen molar-refractivity contribution in [2.24, 2.45) is 5.92 Å². The third-order valence-electron chi connectivity index (χ3n) is 8.76. The quantitative estimate of drug-likeness (QED) is 0.333. The third kappa shape index (κ3) is 3.15. The van der Waals surface area contributed by atoms with Crippen LogP contribution in [0.5, 0.6) is 0 Å². The van der Waals surface area contributed by atoms with E-state index in [-0.39, 0.29) is 0 Å². The van der Waals surface area contributed by atoms with Gasteiger partial charge in [0, 0.05) is 41.2 Å². The van der Waals surface area contributed by atoms with Gasteiger partial charge in [-0.15, -0.1) is 11.3 Å². The van der Waals surface area contributed by atoms with Crippen molar-refractivity contribution in [3.05, 3.63) is 51.5 Å². The van der Waals surface area contributed by atoms with Crippen molar-refractivity contribution < 1.29 is 0 Å². The van der Waals surface area contributed by atoms with E-state index in [2.05, 4.69) is 76.2 Å². The molecule has 0 spiro atoms. The molecule has 0 radical (unpaired) electrons. The average Bonchev–Trinajstić information content (AvgIpc) is 3.67. The predicted octanol–water partition coefficient (Wildman–Crippen LogP) is 5.48. The maximum atomic E-state index is 4.45. The number of hydrogen-bond donors (Lipinski definition) is 2. The van der Waals surface area contributed by atoms with Crippen LogP contribution < -0.4 is 0 Å². The second kappa shape index (κ2) is 7.98. The molecule has 2 bridgehead atoms. The topological polar surface area (TPSA) is 90.8 Å². The highest BCUT2D eigenvalue weighted by Gasteiger charge is 2.46. The molecule has 2 fully saturated rings. The van der Waals surface area contributed by atoms with E-state index in [4.69, 9.17) is 0 Å². The lowest BCUT2D eigenvalue weighted by Crippen LogP contribution is -2.34. The van der Waals surface area contributed by atoms with Gasteiger partial charge in [0.25, 0.3) is 0 Å². The summed E-state index contributed by atoms with van der Waals surface area (Å²) in [6.45, 7) is 13.4. The lowest BCUT2D eigenvalue weighted by Gasteiger charge is -2.30. The van der Waals surface area contributed by atoms with Gasteiger partial charge >= 0.3 is 0 Å². The normalized spacial score (nSPS) is 22.2. The zero-order valence-electron chi connectivity index (χ0n) is 21.5. The van der Waals surface area contributed by atoms with Crippen LogP contribution in [0.3, 0.4) is 0 Å². The fraction of sp³-hybridized carbons (Fsp3) is 0.481. The van der Waals surface area contributed by atoms with E-state index in [0.29, 0.717) is 17.9 Å². The molecule has 1 saturated carbocycles. The molecule has 5 aromatic heterocycles. The van der Waals surface area contributed by atoms with Crippen molar-refractivity contribution >= 4 is 27.2 Å². The van der Waals surface area contributed by atoms with Gasteiger partial charge in [0.1, 0.15) is 11.2 Å². The number of hydrogen-bond acceptors (Lipinski definition) is 6. The Morgan fingerprint density at radius 2 is 2.00 bits per heavy atom. The van der Waals surface area contributed by atoms with Gasteiger partial charge in [-0.3, -0.25) is 4.90 Å². The summed E-state index contributed by atoms with van der Waals surface area (Å²) in [5.41, 5.74) is 9.82. The molecule has 1 aliphatic heterocycles. The molecule has 1 unspecified atom stereocenters. The molecule has 1 aliphatic carbocycles. The van der Waals surface area contributed by atoms with Crippen LogP contribution in [0.25, 0.3) is 27.1 Å². The van der Waals surface area contributed by atoms with Crippen LogP contribution in [0.15, 0.2) is 18.7 Å². The largest absolute Gasteiger partial charge is 0.346 e. The van der Waals surface area contributed by atoms with Gasteiger partial charge in [-0.25, -0.2) is 9.50 Å². The lowest BCUT2D eigenvalue weighted by atomic mass is 9.88. The van der Waals surface area contributed by atoms with Gasteiger partial charge in [-0.1, -0.05) is 13.8 Å². The molecule has 5 aromatic rings. The molecule has 0 amide bonds. The van der Waals surface area contributed by atoms with Crippen LogP contribution in [0.2, 0.25) is 0 Å². The zero-order chi connectivity index (χ0) is 24.7. The Balaban J connectivity index is 1.26. The molecule has 36 heavy (non-hydrogen) atoms. The summed E-state index contributed by atoms with van der Waals surface area (Å²) in [7, 11) is 0. The monoisotopic (exact) mass is 500 g/mol. The number of aromatic amines is 2. The van der Waals surface area contributed by atoms with E-state index < -0.39 is 0 Å². The fourth-order valence-corrected chi connectivity index (χ4v) is 8.35. The molecule has 186 valence electrons. The predicted molar refractivity (Wildman–Crippen MR) is 143 cm³/mol. The van der Waals surface area contributed by atoms with Crippen molar-refractivity contribution in [3.8, 4) is 11.3 Å². The van der Waals surface area contributed by atoms with Crippen molar-refractivity contribution in [1.82, 2.24) is 39.9 Å². The first kappa shape index (κ1) is 22.2. The number of rotatable bonds is 5. The first-order valence-electron chi connectivity index (χ1n) is 12.9. The summed E-state index contributed by atoms with van der Waals surface area (Å²) < 4.78 is 1.91. The van der Waals surface area contributed by atoms with Crippen molar-refractivity contribution in [3.63, 3.8) is 0 Å². The van der Waals surface area contributed by atoms with E-state index in [1.807, 2.05) is 22.0 Å². The van der Waals surface area contributed by atoms with Gasteiger partial charge < -0.3 is 4.98 Å². The molecule has 3 atom stereocenters. The summed E-state index contributed by atoms with van der Waals surface area (Å²) in [5, 5.41) is 16.9. The van der Waals surface area contributed by atoms with Crippen LogP contribution >= 0.6 is 11.3 Å². The van der Waals surface area contributed by atoms with Crippen molar-refractivity contribution in [2.45, 2.75) is 71.9 Å². The first-order valence-corrected chi connectivity index (χ1v) is 13.8. The Hall–Kier alpha value is -3.04. The average molecular weight is 501 g/mol. The summed E-state index contributed by atoms with van der Waals surface area (Å²) in [6, 6.07) is 0.650. The zero-order valence-corrected chi connectivity index (χ0v) is 22.3. The summed E-state index contributed by atoms with van der Waals surface area (Å²) >= 11 is 1.99. The van der Waals surface area contributed by atoms with Gasteiger partial charge in [0.15, 0.2) is 5.65 Å². The number of aromatic nitrogens is 7. The molecule has 8 nitrogen and oxygen atoms in total. The number of H-pyrrole nitrogens is 2. The minimum atomic E-state index is 0.416. The number of thiophene rings is 1. The molecular formula is C27H32N8S. The van der Waals surface area contributed by atoms with Gasteiger partial charge in [-0.05, 0) is 73.6 Å². The van der Waals surface area contributed by atoms with E-state index in [9.17, 15) is 0 Å². The number of aryl methyl sites for hydroxylation is 2. The Morgan fingerprint density at radius 1 is 1.14 bits per heavy atom. The van der Waals surface area contributed by atoms with Crippen LogP contribution in [0.1, 0.15) is 71.3 Å². The molecule has 6 heterocycles. The lowest BCUT2D eigenvalue weighted by molar-refractivity contribution is 0.190. The van der Waals surface area contributed by atoms with Crippen LogP contribution in [-0.2, 0) is 6.54 Å². The second-order valence-corrected chi connectivity index (χ2v) is 12.1. The number of likely N-dealkylation sites (tertiary alicyclic amines) is 1. The SMILES string of the molecule is Cc1c(-c2[nH]c3sc([C@@H]4CC5C[C@H]4CN5Cc4cn[nH]n4)c(C)c3c2C(C)C)cn2ncnc2c1C. The summed E-state index contributed by atoms with van der Waals surface area (Å²) in [6.07, 6.45) is 8.18. The van der Waals surface area contributed by atoms with Crippen LogP contribution in [0, 0.1) is 26.7 Å². The van der Waals surface area contributed by atoms with E-state index in [1.54, 1.807) is 11.2 Å². The number of nitrogens with zero attached hydrogens (tertiary/aromatic N) is 6. The number of pyridine rings is 1. The fourth-order valence-electron chi connectivity index (χ4n) is 6.92. The number of fused-ring (bicyclic) bond motifs is 4. The second-order valence-electron chi connectivity index (χ2n) is 11.1. The Kier molecular flexibility index (Phi) is 4.92. The molecule has 2 aliphatic rings. The smallest absolute Gasteiger partial charge is 0.158 e. The highest BCUT2D eigenvalue weighted by atomic mass is 32.1. The van der Waals surface area contributed by atoms with Gasteiger partial charge in [0.05, 0.1) is 17.6 Å². The highest BCUT2D eigenvalue weighted by Crippen LogP contribution is 2.53. The molecule has 1 saturated heterocycles. The summed E-state index contributed by atoms with van der Waals surface area (Å²) in [5.74, 6) is 1.80. The molecular weight excluding hydrogens is 468 g/mol. The first-order chi connectivity index (χ1) is 17.4. The maximum absolute atomic E-state index is 4.45. The minimum Gasteiger partial charge on any atom is -0.346 e. The van der Waals surface area contributed by atoms with Crippen LogP contribution in [0.4, 0.5) is 0 Å². The van der Waals surface area contributed by atoms with Crippen LogP contribution in [-0.4, -0.2) is 52.5 Å². The van der Waals surface area contributed by atoms with E-state index >= 15 is 0 Å². The number of piperidine rings is 1. The standard InChI is InChI=1S/C27H32N8S/c1-13(2)22-23-16(5)25(20-7-19-6-17(20)9-34(19)10-18-8-29-33-32-18)36-27(23)31-24(22)21-11-35-26(28-12-30-35)15(4)14(21)3/h8,11-13,17,19-20,31H,6-7,9-10H2,1-5H3,(H,29,32,33)/t17-,19?,20+/m0/s1. The Morgan fingerprint density at radius 3 is 2.72 bits per heavy atom. The Bertz CT molecular complexity index is 1590. The highest BCUT2D eigenvalue weighted by molar-refractivity contribution is 7.19. The molecule has 2 N–H and O–H groups in total. The Labute approximate surface area is 214 Å². The van der Waals surface area contributed by atoms with Gasteiger partial charge in [-0.2, -0.15) is 20.5 Å². The number of nitrogens with one attached hydrogen (secondary N) is 2. The minimum absolute atomic E-state index is 0.416. The maximum Gasteiger partial charge on any atom is 0.158 e. The van der Waals surface area contributed by atoms with Crippen molar-refractivity contribution in [1.29, 1.82) is 0 Å². The van der Waals surface area contributed by atoms with Gasteiger partial charge in [0.2, 0.25) is 0 Å². The van der Waals surface area contributed by atoms with Crippen molar-refractivity contribution in [2.75, 3.05) is 6.54 Å². The van der Waals surface area contributed by atoms with E-state index in [1.165, 1.54) is 56.6 Å².